The van der Waals surface area contributed by atoms with Crippen LogP contribution in [0.5, 0.6) is 0 Å². The maximum Gasteiger partial charge on any atom is 0.0943 e. The van der Waals surface area contributed by atoms with Gasteiger partial charge in [-0.05, 0) is 18.6 Å². The zero-order valence-corrected chi connectivity index (χ0v) is 11.9. The number of aryl methyl sites for hydroxylation is 1. The Balaban J connectivity index is 1.76. The summed E-state index contributed by atoms with van der Waals surface area (Å²) in [6.45, 7) is 2.03. The number of hydrogen-bond donors (Lipinski definition) is 1. The van der Waals surface area contributed by atoms with Gasteiger partial charge in [-0.15, -0.1) is 23.1 Å². The van der Waals surface area contributed by atoms with Crippen LogP contribution in [0.15, 0.2) is 34.5 Å². The normalized spacial score (nSPS) is 19.8. The number of nitrogens with two attached hydrogens (primary N) is 1. The standard InChI is InChI=1S/C14H16N2S2/c1-9-7-18-14(16-9)6-12(15)11-8-17-13-5-3-2-4-10(11)13/h2-5,7,11-12H,6,8,15H2,1H3. The van der Waals surface area contributed by atoms with E-state index in [2.05, 4.69) is 34.6 Å². The molecule has 0 fully saturated rings. The van der Waals surface area contributed by atoms with Gasteiger partial charge in [0.1, 0.15) is 0 Å². The zero-order valence-electron chi connectivity index (χ0n) is 10.3. The third-order valence-corrected chi connectivity index (χ3v) is 5.53. The molecule has 0 radical (unpaired) electrons. The van der Waals surface area contributed by atoms with E-state index in [1.165, 1.54) is 10.5 Å². The first-order valence-corrected chi connectivity index (χ1v) is 7.99. The van der Waals surface area contributed by atoms with Crippen molar-refractivity contribution in [3.63, 3.8) is 0 Å². The van der Waals surface area contributed by atoms with E-state index >= 15 is 0 Å². The van der Waals surface area contributed by atoms with Crippen LogP contribution in [0.3, 0.4) is 0 Å². The first-order chi connectivity index (χ1) is 8.74. The Kier molecular flexibility index (Phi) is 3.41. The molecule has 1 aliphatic rings. The lowest BCUT2D eigenvalue weighted by molar-refractivity contribution is 0.570. The number of fused-ring (bicyclic) bond motifs is 1. The Morgan fingerprint density at radius 2 is 2.28 bits per heavy atom. The molecule has 18 heavy (non-hydrogen) atoms. The van der Waals surface area contributed by atoms with E-state index in [4.69, 9.17) is 5.73 Å². The molecule has 2 aromatic rings. The van der Waals surface area contributed by atoms with Crippen LogP contribution >= 0.6 is 23.1 Å². The molecule has 2 N–H and O–H groups in total. The van der Waals surface area contributed by atoms with Gasteiger partial charge in [0.25, 0.3) is 0 Å². The van der Waals surface area contributed by atoms with Crippen molar-refractivity contribution in [2.75, 3.05) is 5.75 Å². The highest BCUT2D eigenvalue weighted by Crippen LogP contribution is 2.41. The smallest absolute Gasteiger partial charge is 0.0943 e. The van der Waals surface area contributed by atoms with Crippen molar-refractivity contribution >= 4 is 23.1 Å². The van der Waals surface area contributed by atoms with Gasteiger partial charge in [-0.3, -0.25) is 0 Å². The van der Waals surface area contributed by atoms with Crippen LogP contribution in [0, 0.1) is 6.92 Å². The Bertz CT molecular complexity index is 550. The molecule has 94 valence electrons. The Morgan fingerprint density at radius 3 is 3.06 bits per heavy atom. The molecule has 2 heterocycles. The van der Waals surface area contributed by atoms with Gasteiger partial charge in [0.05, 0.1) is 5.01 Å². The summed E-state index contributed by atoms with van der Waals surface area (Å²) in [6.07, 6.45) is 0.887. The van der Waals surface area contributed by atoms with Gasteiger partial charge < -0.3 is 5.73 Å². The summed E-state index contributed by atoms with van der Waals surface area (Å²) in [5, 5.41) is 3.26. The van der Waals surface area contributed by atoms with E-state index in [0.717, 1.165) is 22.9 Å². The highest BCUT2D eigenvalue weighted by atomic mass is 32.2. The summed E-state index contributed by atoms with van der Waals surface area (Å²) in [6, 6.07) is 8.79. The van der Waals surface area contributed by atoms with Crippen LogP contribution in [0.1, 0.15) is 22.2 Å². The van der Waals surface area contributed by atoms with Crippen LogP contribution in [-0.2, 0) is 6.42 Å². The van der Waals surface area contributed by atoms with E-state index in [9.17, 15) is 0 Å². The topological polar surface area (TPSA) is 38.9 Å². The molecule has 2 unspecified atom stereocenters. The molecule has 2 nitrogen and oxygen atoms in total. The van der Waals surface area contributed by atoms with Gasteiger partial charge in [-0.1, -0.05) is 18.2 Å². The van der Waals surface area contributed by atoms with E-state index in [1.807, 2.05) is 18.7 Å². The summed E-state index contributed by atoms with van der Waals surface area (Å²) in [7, 11) is 0. The molecule has 1 aromatic heterocycles. The first-order valence-electron chi connectivity index (χ1n) is 6.12. The maximum atomic E-state index is 6.39. The molecule has 0 aliphatic carbocycles. The molecule has 3 rings (SSSR count). The molecule has 0 bridgehead atoms. The van der Waals surface area contributed by atoms with E-state index in [0.29, 0.717) is 5.92 Å². The third kappa shape index (κ3) is 2.32. The monoisotopic (exact) mass is 276 g/mol. The molecule has 4 heteroatoms. The predicted octanol–water partition coefficient (Wildman–Crippen LogP) is 3.21. The number of nitrogens with zero attached hydrogens (tertiary/aromatic N) is 1. The summed E-state index contributed by atoms with van der Waals surface area (Å²) in [5.41, 5.74) is 8.91. The van der Waals surface area contributed by atoms with Crippen LogP contribution in [0.25, 0.3) is 0 Å². The second kappa shape index (κ2) is 5.03. The minimum atomic E-state index is 0.173. The molecule has 1 aromatic carbocycles. The molecule has 0 saturated heterocycles. The van der Waals surface area contributed by atoms with Crippen molar-refractivity contribution in [1.82, 2.24) is 4.98 Å². The van der Waals surface area contributed by atoms with E-state index in [-0.39, 0.29) is 6.04 Å². The van der Waals surface area contributed by atoms with E-state index < -0.39 is 0 Å². The van der Waals surface area contributed by atoms with Crippen molar-refractivity contribution < 1.29 is 0 Å². The van der Waals surface area contributed by atoms with Crippen molar-refractivity contribution in [1.29, 1.82) is 0 Å². The number of thiazole rings is 1. The summed E-state index contributed by atoms with van der Waals surface area (Å²) in [5.74, 6) is 1.57. The van der Waals surface area contributed by atoms with Gasteiger partial charge in [-0.25, -0.2) is 4.98 Å². The first kappa shape index (κ1) is 12.2. The number of rotatable bonds is 3. The minimum absolute atomic E-state index is 0.173. The van der Waals surface area contributed by atoms with Crippen molar-refractivity contribution in [2.24, 2.45) is 5.73 Å². The summed E-state index contributed by atoms with van der Waals surface area (Å²) in [4.78, 5) is 5.91. The number of benzene rings is 1. The number of thioether (sulfide) groups is 1. The number of hydrogen-bond acceptors (Lipinski definition) is 4. The van der Waals surface area contributed by atoms with Crippen LogP contribution in [-0.4, -0.2) is 16.8 Å². The highest BCUT2D eigenvalue weighted by Gasteiger charge is 2.28. The maximum absolute atomic E-state index is 6.39. The largest absolute Gasteiger partial charge is 0.327 e. The summed E-state index contributed by atoms with van der Waals surface area (Å²) < 4.78 is 0. The van der Waals surface area contributed by atoms with Gasteiger partial charge in [0, 0.05) is 40.1 Å². The fourth-order valence-electron chi connectivity index (χ4n) is 2.38. The quantitative estimate of drug-likeness (QED) is 0.935. The molecule has 1 aliphatic heterocycles. The molecule has 0 saturated carbocycles. The van der Waals surface area contributed by atoms with Crippen molar-refractivity contribution in [3.05, 3.63) is 45.9 Å². The molecule has 0 spiro atoms. The number of aromatic nitrogens is 1. The fraction of sp³-hybridized carbons (Fsp3) is 0.357. The average Bonchev–Trinajstić information content (AvgIpc) is 2.95. The third-order valence-electron chi connectivity index (χ3n) is 3.33. The second-order valence-electron chi connectivity index (χ2n) is 4.71. The lowest BCUT2D eigenvalue weighted by atomic mass is 9.92. The van der Waals surface area contributed by atoms with E-state index in [1.54, 1.807) is 11.3 Å². The lowest BCUT2D eigenvalue weighted by Crippen LogP contribution is -2.30. The Labute approximate surface area is 116 Å². The van der Waals surface area contributed by atoms with Gasteiger partial charge >= 0.3 is 0 Å². The predicted molar refractivity (Wildman–Crippen MR) is 78.4 cm³/mol. The molecular weight excluding hydrogens is 260 g/mol. The highest BCUT2D eigenvalue weighted by molar-refractivity contribution is 7.99. The van der Waals surface area contributed by atoms with Crippen molar-refractivity contribution in [2.45, 2.75) is 30.2 Å². The van der Waals surface area contributed by atoms with Gasteiger partial charge in [-0.2, -0.15) is 0 Å². The van der Waals surface area contributed by atoms with Crippen LogP contribution in [0.2, 0.25) is 0 Å². The average molecular weight is 276 g/mol. The minimum Gasteiger partial charge on any atom is -0.327 e. The van der Waals surface area contributed by atoms with Crippen LogP contribution < -0.4 is 5.73 Å². The van der Waals surface area contributed by atoms with Gasteiger partial charge in [0.15, 0.2) is 0 Å². The SMILES string of the molecule is Cc1csc(CC(N)C2CSc3ccccc32)n1. The summed E-state index contributed by atoms with van der Waals surface area (Å²) >= 11 is 3.64. The lowest BCUT2D eigenvalue weighted by Gasteiger charge is -2.18. The molecule has 2 atom stereocenters. The molecular formula is C14H16N2S2. The van der Waals surface area contributed by atoms with Gasteiger partial charge in [0.2, 0.25) is 0 Å². The fourth-order valence-corrected chi connectivity index (χ4v) is 4.57. The van der Waals surface area contributed by atoms with Crippen LogP contribution in [0.4, 0.5) is 0 Å². The Hall–Kier alpha value is -0.840. The van der Waals surface area contributed by atoms with Crippen molar-refractivity contribution in [3.8, 4) is 0 Å². The zero-order chi connectivity index (χ0) is 12.5. The molecule has 0 amide bonds. The Morgan fingerprint density at radius 1 is 1.44 bits per heavy atom. The second-order valence-corrected chi connectivity index (χ2v) is 6.71.